The van der Waals surface area contributed by atoms with Crippen LogP contribution in [0.2, 0.25) is 0 Å². The molecule has 0 saturated heterocycles. The van der Waals surface area contributed by atoms with E-state index >= 15 is 0 Å². The van der Waals surface area contributed by atoms with Crippen LogP contribution in [0.4, 0.5) is 15.9 Å². The number of nitrogens with one attached hydrogen (secondary N) is 1. The molecule has 2 heterocycles. The van der Waals surface area contributed by atoms with E-state index in [4.69, 9.17) is 4.74 Å². The van der Waals surface area contributed by atoms with Crippen LogP contribution in [0, 0.1) is 12.7 Å². The van der Waals surface area contributed by atoms with Crippen molar-refractivity contribution in [2.45, 2.75) is 33.9 Å². The number of benzene rings is 3. The first-order valence-corrected chi connectivity index (χ1v) is 13.4. The number of carbonyl (C=O) groups is 1. The number of rotatable bonds is 10. The summed E-state index contributed by atoms with van der Waals surface area (Å²) in [4.78, 5) is 23.3. The maximum Gasteiger partial charge on any atom is 0.242 e. The Bertz CT molecular complexity index is 1640. The van der Waals surface area contributed by atoms with Crippen LogP contribution in [0.5, 0.6) is 5.75 Å². The number of halogens is 1. The summed E-state index contributed by atoms with van der Waals surface area (Å²) in [5.41, 5.74) is 5.43. The molecule has 0 bridgehead atoms. The van der Waals surface area contributed by atoms with Crippen molar-refractivity contribution in [2.75, 3.05) is 18.4 Å². The van der Waals surface area contributed by atoms with E-state index < -0.39 is 0 Å². The lowest BCUT2D eigenvalue weighted by Gasteiger charge is -2.18. The Morgan fingerprint density at radius 2 is 1.85 bits per heavy atom. The second kappa shape index (κ2) is 12.0. The lowest BCUT2D eigenvalue weighted by molar-refractivity contribution is -0.131. The summed E-state index contributed by atoms with van der Waals surface area (Å²) in [5.74, 6) is 1.25. The molecule has 7 nitrogen and oxygen atoms in total. The molecule has 0 aliphatic heterocycles. The molecule has 204 valence electrons. The van der Waals surface area contributed by atoms with Gasteiger partial charge in [-0.15, -0.1) is 0 Å². The number of hydrogen-bond donors (Lipinski definition) is 1. The van der Waals surface area contributed by atoms with E-state index in [0.29, 0.717) is 25.5 Å². The van der Waals surface area contributed by atoms with Gasteiger partial charge in [0.2, 0.25) is 5.91 Å². The third-order valence-electron chi connectivity index (χ3n) is 6.87. The van der Waals surface area contributed by atoms with Crippen LogP contribution in [-0.2, 0) is 17.9 Å². The van der Waals surface area contributed by atoms with Gasteiger partial charge in [-0.1, -0.05) is 18.2 Å². The van der Waals surface area contributed by atoms with Crippen molar-refractivity contribution in [3.05, 3.63) is 102 Å². The molecule has 0 atom stereocenters. The van der Waals surface area contributed by atoms with Gasteiger partial charge in [0.25, 0.3) is 0 Å². The Morgan fingerprint density at radius 3 is 2.62 bits per heavy atom. The van der Waals surface area contributed by atoms with E-state index in [-0.39, 0.29) is 18.3 Å². The second-order valence-electron chi connectivity index (χ2n) is 9.62. The number of aromatic nitrogens is 3. The van der Waals surface area contributed by atoms with Crippen LogP contribution in [0.1, 0.15) is 25.0 Å². The van der Waals surface area contributed by atoms with Gasteiger partial charge in [-0.25, -0.2) is 14.4 Å². The van der Waals surface area contributed by atoms with Crippen molar-refractivity contribution in [3.63, 3.8) is 0 Å². The number of amides is 1. The molecule has 1 amide bonds. The molecule has 40 heavy (non-hydrogen) atoms. The van der Waals surface area contributed by atoms with Crippen LogP contribution in [0.3, 0.4) is 0 Å². The van der Waals surface area contributed by atoms with E-state index in [1.54, 1.807) is 12.4 Å². The van der Waals surface area contributed by atoms with Crippen molar-refractivity contribution in [3.8, 4) is 16.9 Å². The highest BCUT2D eigenvalue weighted by Gasteiger charge is 2.12. The van der Waals surface area contributed by atoms with E-state index in [1.165, 1.54) is 12.1 Å². The van der Waals surface area contributed by atoms with Crippen molar-refractivity contribution < 1.29 is 13.9 Å². The average molecular weight is 538 g/mol. The van der Waals surface area contributed by atoms with E-state index in [1.807, 2.05) is 85.1 Å². The molecule has 5 rings (SSSR count). The molecule has 8 heteroatoms. The molecule has 3 aromatic carbocycles. The molecule has 0 saturated carbocycles. The average Bonchev–Trinajstić information content (AvgIpc) is 3.42. The number of carbonyl (C=O) groups excluding carboxylic acids is 1. The molecule has 0 spiro atoms. The maximum absolute atomic E-state index is 13.5. The Morgan fingerprint density at radius 1 is 1.00 bits per heavy atom. The zero-order chi connectivity index (χ0) is 28.1. The SMILES string of the molecule is CCN(CC)C(=O)Cn1ccc(-c2ccc3ncnc(Nc4ccc(OCc5cccc(F)c5)c(C)c4)c3c2)c1. The normalized spacial score (nSPS) is 11.0. The quantitative estimate of drug-likeness (QED) is 0.214. The fraction of sp³-hybridized carbons (Fsp3) is 0.219. The zero-order valence-corrected chi connectivity index (χ0v) is 22.9. The fourth-order valence-corrected chi connectivity index (χ4v) is 4.69. The van der Waals surface area contributed by atoms with E-state index in [9.17, 15) is 9.18 Å². The molecule has 5 aromatic rings. The third kappa shape index (κ3) is 6.12. The summed E-state index contributed by atoms with van der Waals surface area (Å²) in [7, 11) is 0. The Kier molecular flexibility index (Phi) is 8.05. The van der Waals surface area contributed by atoms with Gasteiger partial charge >= 0.3 is 0 Å². The molecule has 1 N–H and O–H groups in total. The highest BCUT2D eigenvalue weighted by Crippen LogP contribution is 2.30. The summed E-state index contributed by atoms with van der Waals surface area (Å²) < 4.78 is 21.3. The first-order valence-electron chi connectivity index (χ1n) is 13.4. The Balaban J connectivity index is 1.33. The third-order valence-corrected chi connectivity index (χ3v) is 6.87. The van der Waals surface area contributed by atoms with Crippen molar-refractivity contribution >= 4 is 28.3 Å². The van der Waals surface area contributed by atoms with Crippen LogP contribution in [-0.4, -0.2) is 38.4 Å². The second-order valence-corrected chi connectivity index (χ2v) is 9.62. The van der Waals surface area contributed by atoms with Gasteiger partial charge in [-0.2, -0.15) is 0 Å². The summed E-state index contributed by atoms with van der Waals surface area (Å²) in [5, 5.41) is 4.31. The first kappa shape index (κ1) is 26.9. The van der Waals surface area contributed by atoms with Crippen LogP contribution in [0.15, 0.2) is 85.5 Å². The highest BCUT2D eigenvalue weighted by atomic mass is 19.1. The number of nitrogens with zero attached hydrogens (tertiary/aromatic N) is 4. The molecule has 0 fully saturated rings. The lowest BCUT2D eigenvalue weighted by atomic mass is 10.1. The minimum Gasteiger partial charge on any atom is -0.489 e. The topological polar surface area (TPSA) is 72.3 Å². The van der Waals surface area contributed by atoms with Gasteiger partial charge in [0.05, 0.1) is 5.52 Å². The molecular formula is C32H32FN5O2. The highest BCUT2D eigenvalue weighted by molar-refractivity contribution is 5.93. The minimum atomic E-state index is -0.277. The molecular weight excluding hydrogens is 505 g/mol. The maximum atomic E-state index is 13.5. The van der Waals surface area contributed by atoms with Gasteiger partial charge in [0.1, 0.15) is 36.9 Å². The number of hydrogen-bond acceptors (Lipinski definition) is 5. The largest absolute Gasteiger partial charge is 0.489 e. The number of aryl methyl sites for hydroxylation is 1. The van der Waals surface area contributed by atoms with Crippen LogP contribution < -0.4 is 10.1 Å². The van der Waals surface area contributed by atoms with Crippen molar-refractivity contribution in [2.24, 2.45) is 0 Å². The zero-order valence-electron chi connectivity index (χ0n) is 22.9. The molecule has 0 aliphatic rings. The van der Waals surface area contributed by atoms with Crippen molar-refractivity contribution in [1.82, 2.24) is 19.4 Å². The number of fused-ring (bicyclic) bond motifs is 1. The van der Waals surface area contributed by atoms with Gasteiger partial charge in [0, 0.05) is 36.6 Å². The predicted octanol–water partition coefficient (Wildman–Crippen LogP) is 6.74. The molecule has 0 radical (unpaired) electrons. The van der Waals surface area contributed by atoms with Gasteiger partial charge in [0.15, 0.2) is 0 Å². The lowest BCUT2D eigenvalue weighted by Crippen LogP contribution is -2.33. The Hall–Kier alpha value is -4.72. The minimum absolute atomic E-state index is 0.103. The molecule has 0 unspecified atom stereocenters. The van der Waals surface area contributed by atoms with Crippen LogP contribution >= 0.6 is 0 Å². The molecule has 0 aliphatic carbocycles. The van der Waals surface area contributed by atoms with Crippen molar-refractivity contribution in [1.29, 1.82) is 0 Å². The predicted molar refractivity (Wildman–Crippen MR) is 156 cm³/mol. The van der Waals surface area contributed by atoms with Gasteiger partial charge in [-0.05, 0) is 91.6 Å². The molecule has 2 aromatic heterocycles. The number of likely N-dealkylation sites (N-methyl/N-ethyl adjacent to an activating group) is 1. The smallest absolute Gasteiger partial charge is 0.242 e. The summed E-state index contributed by atoms with van der Waals surface area (Å²) in [6.07, 6.45) is 5.47. The van der Waals surface area contributed by atoms with Crippen LogP contribution in [0.25, 0.3) is 22.0 Å². The fourth-order valence-electron chi connectivity index (χ4n) is 4.69. The van der Waals surface area contributed by atoms with E-state index in [0.717, 1.165) is 44.6 Å². The standard InChI is InChI=1S/C32H32FN5O2/c1-4-38(5-2)31(39)19-37-14-13-25(18-37)24-9-11-29-28(17-24)32(35-21-34-29)36-27-10-12-30(22(3)15-27)40-20-23-7-6-8-26(33)16-23/h6-18,21H,4-5,19-20H2,1-3H3,(H,34,35,36). The first-order chi connectivity index (χ1) is 19.4. The monoisotopic (exact) mass is 537 g/mol. The van der Waals surface area contributed by atoms with Gasteiger partial charge < -0.3 is 19.5 Å². The number of anilines is 2. The number of ether oxygens (including phenoxy) is 1. The summed E-state index contributed by atoms with van der Waals surface area (Å²) >= 11 is 0. The van der Waals surface area contributed by atoms with Gasteiger partial charge in [-0.3, -0.25) is 4.79 Å². The van der Waals surface area contributed by atoms with E-state index in [2.05, 4.69) is 21.4 Å². The Labute approximate surface area is 233 Å². The summed E-state index contributed by atoms with van der Waals surface area (Å²) in [6, 6.07) is 20.3. The summed E-state index contributed by atoms with van der Waals surface area (Å²) in [6.45, 7) is 7.96.